The molecule has 0 aliphatic carbocycles. The Bertz CT molecular complexity index is 1320. The Kier molecular flexibility index (Phi) is 7.07. The summed E-state index contributed by atoms with van der Waals surface area (Å²) in [7, 11) is -20.0. The van der Waals surface area contributed by atoms with E-state index in [4.69, 9.17) is 5.73 Å². The fourth-order valence-corrected chi connectivity index (χ4v) is 3.76. The molecule has 3 N–H and O–H groups in total. The number of alkyl halides is 3. The van der Waals surface area contributed by atoms with Gasteiger partial charge in [0, 0.05) is 22.5 Å². The van der Waals surface area contributed by atoms with Gasteiger partial charge in [-0.15, -0.1) is 0 Å². The van der Waals surface area contributed by atoms with Crippen LogP contribution in [0.4, 0.5) is 63.4 Å². The molecule has 0 aliphatic rings. The molecule has 5 nitrogen and oxygen atoms in total. The number of halogens is 13. The van der Waals surface area contributed by atoms with Crippen molar-refractivity contribution in [3.63, 3.8) is 0 Å². The first-order valence-electron chi connectivity index (χ1n) is 9.13. The predicted molar refractivity (Wildman–Crippen MR) is 115 cm³/mol. The zero-order valence-corrected chi connectivity index (χ0v) is 20.1. The molecule has 0 saturated carbocycles. The van der Waals surface area contributed by atoms with E-state index in [0.717, 1.165) is 25.2 Å². The molecule has 0 radical (unpaired) electrons. The number of ketones is 2. The van der Waals surface area contributed by atoms with Crippen molar-refractivity contribution < 1.29 is 66.4 Å². The van der Waals surface area contributed by atoms with E-state index in [2.05, 4.69) is 0 Å². The highest BCUT2D eigenvalue weighted by Gasteiger charge is 2.66. The molecule has 0 aliphatic heterocycles. The number of benzene rings is 2. The van der Waals surface area contributed by atoms with Gasteiger partial charge in [-0.3, -0.25) is 14.4 Å². The number of Topliss-reactive ketones (excluding diaryl/α,β-unsaturated/α-hetero) is 2. The summed E-state index contributed by atoms with van der Waals surface area (Å²) >= 11 is 0. The maximum atomic E-state index is 12.7. The van der Waals surface area contributed by atoms with Gasteiger partial charge in [0.25, 0.3) is 0 Å². The number of rotatable bonds is 5. The smallest absolute Gasteiger partial charge is 0.399 e. The number of nitrogens with one attached hydrogen (secondary N) is 1. The highest BCUT2D eigenvalue weighted by Crippen LogP contribution is 3.02. The monoisotopic (exact) mass is 618 g/mol. The van der Waals surface area contributed by atoms with Gasteiger partial charge in [0.05, 0.1) is 0 Å². The average Bonchev–Trinajstić information content (AvgIpc) is 2.63. The zero-order chi connectivity index (χ0) is 30.5. The molecule has 0 atom stereocenters. The van der Waals surface area contributed by atoms with Crippen molar-refractivity contribution in [1.82, 2.24) is 0 Å². The molecule has 0 heterocycles. The SMILES string of the molecule is CC(=O)c1cc(N)cc(S(F)(F)(F)(F)F)c1.CC(=O)c1cc(NC(=O)C(F)(F)F)cc(S(F)(F)(F)(F)F)c1. The van der Waals surface area contributed by atoms with Gasteiger partial charge in [0.15, 0.2) is 11.6 Å². The van der Waals surface area contributed by atoms with Crippen molar-refractivity contribution in [3.8, 4) is 0 Å². The number of carbonyl (C=O) groups is 3. The minimum absolute atomic E-state index is 0.111. The van der Waals surface area contributed by atoms with Crippen molar-refractivity contribution in [1.29, 1.82) is 0 Å². The van der Waals surface area contributed by atoms with E-state index in [1.165, 1.54) is 0 Å². The fraction of sp³-hybridized carbons (Fsp3) is 0.167. The van der Waals surface area contributed by atoms with Gasteiger partial charge in [-0.25, -0.2) is 0 Å². The lowest BCUT2D eigenvalue weighted by Crippen LogP contribution is -2.30. The third-order valence-corrected chi connectivity index (χ3v) is 6.31. The predicted octanol–water partition coefficient (Wildman–Crippen LogP) is 9.18. The summed E-state index contributed by atoms with van der Waals surface area (Å²) in [4.78, 5) is 27.8. The first kappa shape index (κ1) is 32.9. The molecule has 0 saturated heterocycles. The lowest BCUT2D eigenvalue weighted by molar-refractivity contribution is -0.167. The molecule has 0 aromatic heterocycles. The maximum Gasteiger partial charge on any atom is 0.471 e. The van der Waals surface area contributed by atoms with E-state index in [1.807, 2.05) is 0 Å². The maximum absolute atomic E-state index is 12.7. The van der Waals surface area contributed by atoms with Crippen LogP contribution < -0.4 is 11.1 Å². The molecule has 218 valence electrons. The van der Waals surface area contributed by atoms with Gasteiger partial charge in [-0.05, 0) is 50.2 Å². The van der Waals surface area contributed by atoms with Gasteiger partial charge < -0.3 is 11.1 Å². The first-order valence-corrected chi connectivity index (χ1v) is 13.0. The fourth-order valence-electron chi connectivity index (χ4n) is 2.35. The van der Waals surface area contributed by atoms with Crippen molar-refractivity contribution in [2.45, 2.75) is 29.8 Å². The lowest BCUT2D eigenvalue weighted by Gasteiger charge is -2.40. The van der Waals surface area contributed by atoms with Crippen LogP contribution >= 0.6 is 20.4 Å². The highest BCUT2D eigenvalue weighted by atomic mass is 32.5. The molecule has 0 spiro atoms. The van der Waals surface area contributed by atoms with Gasteiger partial charge in [0.2, 0.25) is 0 Å². The number of carbonyl (C=O) groups excluding carboxylic acids is 3. The molecule has 38 heavy (non-hydrogen) atoms. The average molecular weight is 618 g/mol. The number of nitrogens with two attached hydrogens (primary N) is 1. The molecule has 2 aromatic carbocycles. The number of nitrogen functional groups attached to an aromatic ring is 1. The summed E-state index contributed by atoms with van der Waals surface area (Å²) in [6, 6.07) is 1.02. The number of hydrogen-bond acceptors (Lipinski definition) is 4. The number of hydrogen-bond donors (Lipinski definition) is 2. The van der Waals surface area contributed by atoms with Crippen LogP contribution in [0.5, 0.6) is 0 Å². The number of anilines is 2. The molecule has 2 aromatic rings. The van der Waals surface area contributed by atoms with Crippen LogP contribution in [-0.2, 0) is 4.79 Å². The van der Waals surface area contributed by atoms with Crippen molar-refractivity contribution in [2.75, 3.05) is 11.1 Å². The van der Waals surface area contributed by atoms with Crippen molar-refractivity contribution in [3.05, 3.63) is 47.5 Å². The summed E-state index contributed by atoms with van der Waals surface area (Å²) in [6.07, 6.45) is -5.44. The molecule has 0 fully saturated rings. The standard InChI is InChI=1S/C10H7F8NO2S.C8H8F5NOS/c1-5(20)6-2-7(19-9(21)10(11,12)13)4-8(3-6)22(14,15,16,17)18;1-5(15)6-2-7(14)4-8(3-6)16(9,10,11,12)13/h2-4H,1H3,(H,19,21);2-4H,14H2,1H3. The second-order valence-electron chi connectivity index (χ2n) is 7.54. The van der Waals surface area contributed by atoms with Crippen LogP contribution in [0.1, 0.15) is 34.6 Å². The van der Waals surface area contributed by atoms with E-state index in [9.17, 15) is 66.4 Å². The second-order valence-corrected chi connectivity index (χ2v) is 12.4. The third-order valence-electron chi connectivity index (χ3n) is 4.05. The van der Waals surface area contributed by atoms with Gasteiger partial charge in [-0.2, -0.15) is 13.2 Å². The largest absolute Gasteiger partial charge is 0.471 e. The Morgan fingerprint density at radius 3 is 1.37 bits per heavy atom. The molecule has 20 heteroatoms. The zero-order valence-electron chi connectivity index (χ0n) is 18.5. The normalized spacial score (nSPS) is 16.0. The Hall–Kier alpha value is -3.16. The van der Waals surface area contributed by atoms with Crippen molar-refractivity contribution >= 4 is 49.3 Å². The summed E-state index contributed by atoms with van der Waals surface area (Å²) in [5, 5.41) is 0.993. The molecule has 1 amide bonds. The minimum atomic E-state index is -10.2. The Labute approximate surface area is 204 Å². The number of amides is 1. The van der Waals surface area contributed by atoms with Crippen LogP contribution in [0.3, 0.4) is 0 Å². The first-order chi connectivity index (χ1) is 16.2. The Morgan fingerprint density at radius 1 is 0.658 bits per heavy atom. The van der Waals surface area contributed by atoms with E-state index in [1.54, 1.807) is 0 Å². The van der Waals surface area contributed by atoms with Crippen molar-refractivity contribution in [2.24, 2.45) is 0 Å². The Balaban J connectivity index is 0.000000399. The quantitative estimate of drug-likeness (QED) is 0.199. The molecule has 0 bridgehead atoms. The Morgan fingerprint density at radius 2 is 1.03 bits per heavy atom. The van der Waals surface area contributed by atoms with Gasteiger partial charge in [-0.1, -0.05) is 38.9 Å². The van der Waals surface area contributed by atoms with Crippen LogP contribution in [0.25, 0.3) is 0 Å². The summed E-state index contributed by atoms with van der Waals surface area (Å²) in [6.45, 7) is 1.68. The summed E-state index contributed by atoms with van der Waals surface area (Å²) < 4.78 is 162. The molecule has 0 unspecified atom stereocenters. The third kappa shape index (κ3) is 9.62. The second kappa shape index (κ2) is 8.17. The van der Waals surface area contributed by atoms with Gasteiger partial charge in [0.1, 0.15) is 9.79 Å². The van der Waals surface area contributed by atoms with Crippen LogP contribution in [0.15, 0.2) is 46.2 Å². The van der Waals surface area contributed by atoms with Crippen LogP contribution in [-0.4, -0.2) is 23.6 Å². The summed E-state index contributed by atoms with van der Waals surface area (Å²) in [5.41, 5.74) is 1.87. The van der Waals surface area contributed by atoms with E-state index in [-0.39, 0.29) is 24.3 Å². The molecular formula is C18H15F13N2O3S2. The topological polar surface area (TPSA) is 89.3 Å². The molecule has 2 rings (SSSR count). The van der Waals surface area contributed by atoms with Crippen LogP contribution in [0.2, 0.25) is 0 Å². The minimum Gasteiger partial charge on any atom is -0.399 e. The van der Waals surface area contributed by atoms with E-state index in [0.29, 0.717) is 6.07 Å². The summed E-state index contributed by atoms with van der Waals surface area (Å²) in [5.74, 6) is -4.54. The van der Waals surface area contributed by atoms with E-state index >= 15 is 0 Å². The molecular weight excluding hydrogens is 603 g/mol. The lowest BCUT2D eigenvalue weighted by atomic mass is 10.1. The van der Waals surface area contributed by atoms with Crippen LogP contribution in [0, 0.1) is 0 Å². The van der Waals surface area contributed by atoms with Gasteiger partial charge >= 0.3 is 32.5 Å². The van der Waals surface area contributed by atoms with E-state index < -0.39 is 76.4 Å². The highest BCUT2D eigenvalue weighted by molar-refractivity contribution is 8.46.